The molecule has 0 saturated heterocycles. The van der Waals surface area contributed by atoms with Gasteiger partial charge in [0.05, 0.1) is 5.41 Å². The van der Waals surface area contributed by atoms with Crippen molar-refractivity contribution in [3.8, 4) is 0 Å². The summed E-state index contributed by atoms with van der Waals surface area (Å²) in [7, 11) is 0. The zero-order valence-electron chi connectivity index (χ0n) is 11.8. The van der Waals surface area contributed by atoms with Crippen LogP contribution in [0.3, 0.4) is 0 Å². The van der Waals surface area contributed by atoms with E-state index in [2.05, 4.69) is 10.2 Å². The van der Waals surface area contributed by atoms with Crippen molar-refractivity contribution in [2.45, 2.75) is 38.2 Å². The summed E-state index contributed by atoms with van der Waals surface area (Å²) in [5, 5.41) is 8.23. The number of benzene rings is 1. The molecule has 0 N–H and O–H groups in total. The van der Waals surface area contributed by atoms with Gasteiger partial charge in [0, 0.05) is 11.9 Å². The van der Waals surface area contributed by atoms with E-state index >= 15 is 0 Å². The van der Waals surface area contributed by atoms with Crippen LogP contribution in [0.1, 0.15) is 43.2 Å². The molecule has 6 heteroatoms. The highest BCUT2D eigenvalue weighted by molar-refractivity contribution is 6.30. The molecule has 1 saturated carbocycles. The van der Waals surface area contributed by atoms with Crippen molar-refractivity contribution in [1.82, 2.24) is 10.2 Å². The molecule has 0 bridgehead atoms. The Hall–Kier alpha value is -1.88. The second-order valence-electron chi connectivity index (χ2n) is 5.30. The predicted octanol–water partition coefficient (Wildman–Crippen LogP) is 3.37. The van der Waals surface area contributed by atoms with Crippen molar-refractivity contribution < 1.29 is 13.9 Å². The smallest absolute Gasteiger partial charge is 0.317 e. The van der Waals surface area contributed by atoms with Crippen LogP contribution in [0.5, 0.6) is 0 Å². The summed E-state index contributed by atoms with van der Waals surface area (Å²) < 4.78 is 10.8. The number of carbonyl (C=O) groups excluding carboxylic acids is 1. The summed E-state index contributed by atoms with van der Waals surface area (Å²) in [6.07, 6.45) is 0.971. The summed E-state index contributed by atoms with van der Waals surface area (Å²) >= 11 is 6.00. The Kier molecular flexibility index (Phi) is 3.45. The Balaban J connectivity index is 1.76. The van der Waals surface area contributed by atoms with E-state index < -0.39 is 11.5 Å². The van der Waals surface area contributed by atoms with Crippen LogP contribution in [0.15, 0.2) is 28.7 Å². The molecule has 0 spiro atoms. The van der Waals surface area contributed by atoms with Gasteiger partial charge in [-0.2, -0.15) is 0 Å². The molecule has 1 unspecified atom stereocenters. The molecule has 1 heterocycles. The third kappa shape index (κ3) is 2.65. The van der Waals surface area contributed by atoms with Crippen molar-refractivity contribution >= 4 is 17.6 Å². The molecule has 1 atom stereocenters. The van der Waals surface area contributed by atoms with Gasteiger partial charge in [-0.1, -0.05) is 23.7 Å². The molecule has 0 radical (unpaired) electrons. The summed E-state index contributed by atoms with van der Waals surface area (Å²) in [6.45, 7) is 3.41. The fourth-order valence-electron chi connectivity index (χ4n) is 2.32. The topological polar surface area (TPSA) is 65.2 Å². The summed E-state index contributed by atoms with van der Waals surface area (Å²) in [5.74, 6) is 0.486. The van der Waals surface area contributed by atoms with Crippen LogP contribution in [-0.4, -0.2) is 16.2 Å². The number of ether oxygens (including phenoxy) is 1. The third-order valence-electron chi connectivity index (χ3n) is 3.69. The number of rotatable bonds is 4. The second-order valence-corrected chi connectivity index (χ2v) is 5.74. The molecular weight excluding hydrogens is 292 g/mol. The first-order chi connectivity index (χ1) is 10.0. The predicted molar refractivity (Wildman–Crippen MR) is 75.9 cm³/mol. The zero-order valence-corrected chi connectivity index (χ0v) is 12.6. The highest BCUT2D eigenvalue weighted by atomic mass is 35.5. The fourth-order valence-corrected chi connectivity index (χ4v) is 2.51. The zero-order chi connectivity index (χ0) is 15.0. The van der Waals surface area contributed by atoms with Gasteiger partial charge in [-0.05, 0) is 37.5 Å². The van der Waals surface area contributed by atoms with Gasteiger partial charge in [0.25, 0.3) is 5.89 Å². The lowest BCUT2D eigenvalue weighted by molar-refractivity contribution is -0.152. The molecule has 1 aromatic carbocycles. The first kappa shape index (κ1) is 14.1. The normalized spacial score (nSPS) is 17.3. The van der Waals surface area contributed by atoms with Gasteiger partial charge in [-0.25, -0.2) is 0 Å². The molecule has 3 rings (SSSR count). The number of aryl methyl sites for hydroxylation is 1. The van der Waals surface area contributed by atoms with Gasteiger partial charge in [0.1, 0.15) is 0 Å². The van der Waals surface area contributed by atoms with E-state index in [9.17, 15) is 4.79 Å². The lowest BCUT2D eigenvalue weighted by atomic mass is 9.96. The van der Waals surface area contributed by atoms with E-state index in [4.69, 9.17) is 20.8 Å². The quantitative estimate of drug-likeness (QED) is 0.810. The average Bonchev–Trinajstić information content (AvgIpc) is 3.15. The number of hydrogen-bond donors (Lipinski definition) is 0. The molecule has 5 nitrogen and oxygen atoms in total. The highest BCUT2D eigenvalue weighted by Crippen LogP contribution is 2.50. The largest absolute Gasteiger partial charge is 0.452 e. The van der Waals surface area contributed by atoms with Gasteiger partial charge in [0.15, 0.2) is 6.10 Å². The molecule has 0 amide bonds. The molecule has 1 aliphatic carbocycles. The minimum Gasteiger partial charge on any atom is -0.452 e. The van der Waals surface area contributed by atoms with Gasteiger partial charge >= 0.3 is 5.97 Å². The first-order valence-corrected chi connectivity index (χ1v) is 7.16. The van der Waals surface area contributed by atoms with E-state index in [-0.39, 0.29) is 5.97 Å². The minimum atomic E-state index is -0.575. The van der Waals surface area contributed by atoms with Crippen molar-refractivity contribution in [2.75, 3.05) is 0 Å². The highest BCUT2D eigenvalue weighted by Gasteiger charge is 2.53. The van der Waals surface area contributed by atoms with Gasteiger partial charge in [-0.3, -0.25) is 4.79 Å². The lowest BCUT2D eigenvalue weighted by Gasteiger charge is -2.17. The number of esters is 1. The molecule has 1 fully saturated rings. The molecule has 0 aliphatic heterocycles. The van der Waals surface area contributed by atoms with Crippen LogP contribution >= 0.6 is 11.6 Å². The van der Waals surface area contributed by atoms with Crippen molar-refractivity contribution in [3.63, 3.8) is 0 Å². The molecule has 1 aliphatic rings. The summed E-state index contributed by atoms with van der Waals surface area (Å²) in [5.41, 5.74) is 0.322. The average molecular weight is 307 g/mol. The number of nitrogens with zero attached hydrogens (tertiary/aromatic N) is 2. The van der Waals surface area contributed by atoms with E-state index in [0.29, 0.717) is 16.8 Å². The SMILES string of the molecule is Cc1nnc(C(C)OC(=O)C2(c3cccc(Cl)c3)CC2)o1. The number of aromatic nitrogens is 2. The maximum Gasteiger partial charge on any atom is 0.317 e. The Bertz CT molecular complexity index is 679. The van der Waals surface area contributed by atoms with Crippen molar-refractivity contribution in [1.29, 1.82) is 0 Å². The van der Waals surface area contributed by atoms with Crippen LogP contribution in [0, 0.1) is 6.92 Å². The Morgan fingerprint density at radius 2 is 2.19 bits per heavy atom. The molecule has 1 aromatic heterocycles. The molecule has 110 valence electrons. The Morgan fingerprint density at radius 1 is 1.43 bits per heavy atom. The first-order valence-electron chi connectivity index (χ1n) is 6.78. The number of hydrogen-bond acceptors (Lipinski definition) is 5. The monoisotopic (exact) mass is 306 g/mol. The lowest BCUT2D eigenvalue weighted by Crippen LogP contribution is -2.24. The number of halogens is 1. The van der Waals surface area contributed by atoms with Gasteiger partial charge < -0.3 is 9.15 Å². The van der Waals surface area contributed by atoms with E-state index in [1.54, 1.807) is 19.9 Å². The van der Waals surface area contributed by atoms with Gasteiger partial charge in [-0.15, -0.1) is 10.2 Å². The van der Waals surface area contributed by atoms with Crippen LogP contribution < -0.4 is 0 Å². The maximum absolute atomic E-state index is 12.5. The summed E-state index contributed by atoms with van der Waals surface area (Å²) in [6, 6.07) is 7.35. The molecule has 2 aromatic rings. The van der Waals surface area contributed by atoms with E-state index in [1.165, 1.54) is 0 Å². The van der Waals surface area contributed by atoms with Crippen LogP contribution in [0.4, 0.5) is 0 Å². The molecular formula is C15H15ClN2O3. The van der Waals surface area contributed by atoms with Crippen molar-refractivity contribution in [2.24, 2.45) is 0 Å². The third-order valence-corrected chi connectivity index (χ3v) is 3.93. The van der Waals surface area contributed by atoms with E-state index in [1.807, 2.05) is 18.2 Å². The fraction of sp³-hybridized carbons (Fsp3) is 0.400. The maximum atomic E-state index is 12.5. The second kappa shape index (κ2) is 5.15. The minimum absolute atomic E-state index is 0.270. The standard InChI is InChI=1S/C15H15ClN2O3/c1-9(13-18-17-10(2)21-13)20-14(19)15(6-7-15)11-4-3-5-12(16)8-11/h3-5,8-9H,6-7H2,1-2H3. The van der Waals surface area contributed by atoms with Crippen molar-refractivity contribution in [3.05, 3.63) is 46.6 Å². The Labute approximate surface area is 127 Å². The van der Waals surface area contributed by atoms with Crippen LogP contribution in [0.25, 0.3) is 0 Å². The summed E-state index contributed by atoms with van der Waals surface area (Å²) in [4.78, 5) is 12.5. The Morgan fingerprint density at radius 3 is 2.76 bits per heavy atom. The molecule has 21 heavy (non-hydrogen) atoms. The van der Waals surface area contributed by atoms with Crippen LogP contribution in [0.2, 0.25) is 5.02 Å². The van der Waals surface area contributed by atoms with E-state index in [0.717, 1.165) is 18.4 Å². The van der Waals surface area contributed by atoms with Crippen LogP contribution in [-0.2, 0) is 14.9 Å². The van der Waals surface area contributed by atoms with Gasteiger partial charge in [0.2, 0.25) is 5.89 Å². The number of carbonyl (C=O) groups is 1.